The minimum absolute atomic E-state index is 0.0165. The SMILES string of the molecule is Cc1cc(C(=O)C2CN(OCCCN(C)C)C2)cc(C)c1C=CS(=O)(=O)N1CCC2(CC1)N=C(c1cccc(C(F)(F)F)c1)NC2=O. The summed E-state index contributed by atoms with van der Waals surface area (Å²) in [5.41, 5.74) is 0.859. The van der Waals surface area contributed by atoms with Gasteiger partial charge in [0.1, 0.15) is 11.4 Å². The molecule has 14 heteroatoms. The molecule has 3 aliphatic rings. The van der Waals surface area contributed by atoms with Crippen LogP contribution in [0.4, 0.5) is 13.2 Å². The number of aryl methyl sites for hydroxylation is 2. The molecule has 3 heterocycles. The Morgan fingerprint density at radius 3 is 2.40 bits per heavy atom. The van der Waals surface area contributed by atoms with Gasteiger partial charge >= 0.3 is 6.18 Å². The summed E-state index contributed by atoms with van der Waals surface area (Å²) in [5.74, 6) is -0.534. The smallest absolute Gasteiger partial charge is 0.309 e. The summed E-state index contributed by atoms with van der Waals surface area (Å²) in [6.07, 6.45) is -1.94. The summed E-state index contributed by atoms with van der Waals surface area (Å²) >= 11 is 0. The van der Waals surface area contributed by atoms with Crippen molar-refractivity contribution < 1.29 is 36.0 Å². The number of hydrogen-bond donors (Lipinski definition) is 1. The Balaban J connectivity index is 1.19. The molecule has 1 spiro atoms. The van der Waals surface area contributed by atoms with Crippen molar-refractivity contribution >= 4 is 33.6 Å². The topological polar surface area (TPSA) is 112 Å². The lowest BCUT2D eigenvalue weighted by Gasteiger charge is -2.37. The number of carbonyl (C=O) groups excluding carboxylic acids is 2. The summed E-state index contributed by atoms with van der Waals surface area (Å²) in [7, 11) is 0.151. The second kappa shape index (κ2) is 13.6. The van der Waals surface area contributed by atoms with Gasteiger partial charge < -0.3 is 10.2 Å². The van der Waals surface area contributed by atoms with Crippen molar-refractivity contribution in [1.82, 2.24) is 19.6 Å². The van der Waals surface area contributed by atoms with Crippen LogP contribution in [0.1, 0.15) is 57.4 Å². The second-order valence-corrected chi connectivity index (χ2v) is 14.5. The molecule has 0 aromatic heterocycles. The van der Waals surface area contributed by atoms with Crippen LogP contribution >= 0.6 is 0 Å². The zero-order valence-corrected chi connectivity index (χ0v) is 27.7. The van der Waals surface area contributed by atoms with Crippen LogP contribution in [0.25, 0.3) is 6.08 Å². The number of carbonyl (C=O) groups is 2. The van der Waals surface area contributed by atoms with Crippen molar-refractivity contribution in [3.8, 4) is 0 Å². The van der Waals surface area contributed by atoms with Crippen LogP contribution in [-0.2, 0) is 25.8 Å². The van der Waals surface area contributed by atoms with Crippen LogP contribution < -0.4 is 5.32 Å². The molecular weight excluding hydrogens is 635 g/mol. The Morgan fingerprint density at radius 2 is 1.79 bits per heavy atom. The fourth-order valence-electron chi connectivity index (χ4n) is 6.09. The van der Waals surface area contributed by atoms with Crippen molar-refractivity contribution in [2.24, 2.45) is 10.9 Å². The Labute approximate surface area is 273 Å². The van der Waals surface area contributed by atoms with Gasteiger partial charge in [-0.3, -0.25) is 19.4 Å². The lowest BCUT2D eigenvalue weighted by atomic mass is 9.89. The molecule has 1 amide bonds. The van der Waals surface area contributed by atoms with E-state index in [2.05, 4.69) is 15.2 Å². The first kappa shape index (κ1) is 34.9. The minimum Gasteiger partial charge on any atom is -0.309 e. The van der Waals surface area contributed by atoms with Crippen LogP contribution in [-0.4, -0.2) is 99.2 Å². The maximum atomic E-state index is 13.3. The predicted molar refractivity (Wildman–Crippen MR) is 172 cm³/mol. The standard InChI is InChI=1S/C33H40F3N5O5S/c1-22-17-25(29(42)26-20-40(21-26)46-15-6-12-39(3)4)18-23(2)28(22)9-16-47(44,45)41-13-10-32(11-14-41)31(43)37-30(38-32)24-7-5-8-27(19-24)33(34,35)36/h5,7-9,16-19,26H,6,10-15,20-21H2,1-4H3,(H,37,38,43). The van der Waals surface area contributed by atoms with E-state index in [0.29, 0.717) is 30.8 Å². The Bertz CT molecular complexity index is 1670. The maximum absolute atomic E-state index is 13.3. The molecule has 254 valence electrons. The number of benzene rings is 2. The normalized spacial score (nSPS) is 19.4. The maximum Gasteiger partial charge on any atom is 0.416 e. The number of aliphatic imine (C=N–C) groups is 1. The van der Waals surface area contributed by atoms with Gasteiger partial charge in [-0.25, -0.2) is 8.42 Å². The highest BCUT2D eigenvalue weighted by atomic mass is 32.2. The number of sulfonamides is 1. The number of amidine groups is 1. The van der Waals surface area contributed by atoms with Gasteiger partial charge in [0.2, 0.25) is 10.0 Å². The number of rotatable bonds is 11. The van der Waals surface area contributed by atoms with Crippen LogP contribution in [0.3, 0.4) is 0 Å². The fraction of sp³-hybridized carbons (Fsp3) is 0.485. The van der Waals surface area contributed by atoms with E-state index in [4.69, 9.17) is 4.84 Å². The summed E-state index contributed by atoms with van der Waals surface area (Å²) in [6, 6.07) is 8.13. The molecule has 0 radical (unpaired) electrons. The van der Waals surface area contributed by atoms with E-state index in [1.165, 1.54) is 22.5 Å². The monoisotopic (exact) mass is 675 g/mol. The number of nitrogens with one attached hydrogen (secondary N) is 1. The molecule has 10 nitrogen and oxygen atoms in total. The van der Waals surface area contributed by atoms with Crippen LogP contribution in [0.5, 0.6) is 0 Å². The van der Waals surface area contributed by atoms with Crippen molar-refractivity contribution in [2.75, 3.05) is 53.4 Å². The molecule has 5 rings (SSSR count). The molecule has 0 bridgehead atoms. The van der Waals surface area contributed by atoms with Gasteiger partial charge in [-0.05, 0) is 101 Å². The van der Waals surface area contributed by atoms with E-state index in [9.17, 15) is 31.2 Å². The van der Waals surface area contributed by atoms with E-state index in [0.717, 1.165) is 41.6 Å². The second-order valence-electron chi connectivity index (χ2n) is 12.7. The number of piperidine rings is 1. The number of alkyl halides is 3. The molecule has 0 aliphatic carbocycles. The van der Waals surface area contributed by atoms with E-state index in [-0.39, 0.29) is 49.0 Å². The van der Waals surface area contributed by atoms with Crippen molar-refractivity contribution in [1.29, 1.82) is 0 Å². The third kappa shape index (κ3) is 7.83. The highest BCUT2D eigenvalue weighted by Gasteiger charge is 2.47. The van der Waals surface area contributed by atoms with Gasteiger partial charge in [0.15, 0.2) is 5.78 Å². The predicted octanol–water partition coefficient (Wildman–Crippen LogP) is 4.03. The molecule has 3 aliphatic heterocycles. The van der Waals surface area contributed by atoms with E-state index < -0.39 is 33.2 Å². The zero-order valence-electron chi connectivity index (χ0n) is 26.9. The highest BCUT2D eigenvalue weighted by molar-refractivity contribution is 7.92. The quantitative estimate of drug-likeness (QED) is 0.283. The molecule has 47 heavy (non-hydrogen) atoms. The van der Waals surface area contributed by atoms with Gasteiger partial charge in [0.05, 0.1) is 18.1 Å². The molecule has 1 N–H and O–H groups in total. The van der Waals surface area contributed by atoms with Gasteiger partial charge in [-0.2, -0.15) is 22.5 Å². The van der Waals surface area contributed by atoms with Crippen molar-refractivity contribution in [2.45, 2.75) is 44.8 Å². The minimum atomic E-state index is -4.54. The lowest BCUT2D eigenvalue weighted by molar-refractivity contribution is -0.211. The Hall–Kier alpha value is -3.43. The third-order valence-corrected chi connectivity index (χ3v) is 10.4. The van der Waals surface area contributed by atoms with Crippen molar-refractivity contribution in [3.63, 3.8) is 0 Å². The fourth-order valence-corrected chi connectivity index (χ4v) is 7.26. The molecule has 2 aromatic rings. The molecule has 0 unspecified atom stereocenters. The Kier molecular flexibility index (Phi) is 10.1. The van der Waals surface area contributed by atoms with Crippen LogP contribution in [0.15, 0.2) is 46.8 Å². The number of hydrogen-bond acceptors (Lipinski definition) is 8. The largest absolute Gasteiger partial charge is 0.416 e. The van der Waals surface area contributed by atoms with E-state index in [1.807, 2.05) is 33.0 Å². The van der Waals surface area contributed by atoms with Gasteiger partial charge in [0.25, 0.3) is 5.91 Å². The summed E-state index contributed by atoms with van der Waals surface area (Å²) in [5, 5.41) is 5.53. The first-order chi connectivity index (χ1) is 22.1. The molecule has 2 saturated heterocycles. The number of halogens is 3. The Morgan fingerprint density at radius 1 is 1.13 bits per heavy atom. The first-order valence-corrected chi connectivity index (χ1v) is 17.0. The van der Waals surface area contributed by atoms with Crippen LogP contribution in [0.2, 0.25) is 0 Å². The molecule has 2 aromatic carbocycles. The average molecular weight is 676 g/mol. The third-order valence-electron chi connectivity index (χ3n) is 8.88. The number of amides is 1. The number of hydroxylamine groups is 2. The number of ketones is 1. The molecule has 2 fully saturated rings. The summed E-state index contributed by atoms with van der Waals surface area (Å²) < 4.78 is 67.4. The molecule has 0 saturated carbocycles. The zero-order chi connectivity index (χ0) is 34.1. The summed E-state index contributed by atoms with van der Waals surface area (Å²) in [4.78, 5) is 38.3. The highest BCUT2D eigenvalue weighted by Crippen LogP contribution is 2.34. The number of Topliss-reactive ketones (excluding diaryl/α,β-unsaturated/α-hetero) is 1. The van der Waals surface area contributed by atoms with E-state index in [1.54, 1.807) is 12.1 Å². The number of nitrogens with zero attached hydrogens (tertiary/aromatic N) is 4. The first-order valence-electron chi connectivity index (χ1n) is 15.5. The van der Waals surface area contributed by atoms with Crippen LogP contribution in [0, 0.1) is 19.8 Å². The summed E-state index contributed by atoms with van der Waals surface area (Å²) in [6.45, 7) is 6.31. The van der Waals surface area contributed by atoms with Gasteiger partial charge in [-0.1, -0.05) is 12.1 Å². The molecular formula is C33H40F3N5O5S. The van der Waals surface area contributed by atoms with E-state index >= 15 is 0 Å². The van der Waals surface area contributed by atoms with Gasteiger partial charge in [-0.15, -0.1) is 0 Å². The van der Waals surface area contributed by atoms with Crippen molar-refractivity contribution in [3.05, 3.63) is 75.2 Å². The lowest BCUT2D eigenvalue weighted by Crippen LogP contribution is -2.50. The average Bonchev–Trinajstić information content (AvgIpc) is 3.29. The molecule has 0 atom stereocenters. The van der Waals surface area contributed by atoms with Gasteiger partial charge in [0, 0.05) is 42.7 Å².